The minimum atomic E-state index is -0.248. The van der Waals surface area contributed by atoms with Crippen LogP contribution in [0.15, 0.2) is 48.5 Å². The number of carbonyl (C=O) groups is 1. The zero-order valence-corrected chi connectivity index (χ0v) is 17.1. The topological polar surface area (TPSA) is 39.3 Å². The first kappa shape index (κ1) is 19.6. The average molecular weight is 394 g/mol. The number of H-pyrrole nitrogens is 1. The zero-order chi connectivity index (χ0) is 20.4. The standard InChI is InChI=1S/C24H28FN3O/c1-27(2)19-6-5-15-28(16-19)23(29)14-13-21-20-7-3-4-8-22(20)26-24(21)17-9-11-18(25)12-10-17/h3-4,7-12,19,26H,5-6,13-16H2,1-2H3. The first-order valence-corrected chi connectivity index (χ1v) is 10.3. The summed E-state index contributed by atoms with van der Waals surface area (Å²) in [5, 5.41) is 1.13. The van der Waals surface area contributed by atoms with Crippen molar-refractivity contribution in [3.63, 3.8) is 0 Å². The summed E-state index contributed by atoms with van der Waals surface area (Å²) in [7, 11) is 4.17. The average Bonchev–Trinajstić information content (AvgIpc) is 3.11. The maximum absolute atomic E-state index is 13.4. The van der Waals surface area contributed by atoms with Crippen molar-refractivity contribution in [2.24, 2.45) is 0 Å². The van der Waals surface area contributed by atoms with E-state index >= 15 is 0 Å². The van der Waals surface area contributed by atoms with Gasteiger partial charge in [-0.1, -0.05) is 18.2 Å². The Morgan fingerprint density at radius 1 is 1.17 bits per heavy atom. The monoisotopic (exact) mass is 393 g/mol. The molecule has 0 spiro atoms. The lowest BCUT2D eigenvalue weighted by molar-refractivity contribution is -0.133. The van der Waals surface area contributed by atoms with E-state index in [0.29, 0.717) is 18.9 Å². The summed E-state index contributed by atoms with van der Waals surface area (Å²) in [4.78, 5) is 20.6. The predicted octanol–water partition coefficient (Wildman–Crippen LogP) is 4.46. The number of aryl methyl sites for hydroxylation is 1. The molecule has 152 valence electrons. The van der Waals surface area contributed by atoms with Gasteiger partial charge in [0.05, 0.1) is 0 Å². The van der Waals surface area contributed by atoms with Gasteiger partial charge in [0.15, 0.2) is 0 Å². The van der Waals surface area contributed by atoms with Crippen molar-refractivity contribution in [2.75, 3.05) is 27.2 Å². The van der Waals surface area contributed by atoms with E-state index in [-0.39, 0.29) is 11.7 Å². The van der Waals surface area contributed by atoms with Gasteiger partial charge in [-0.2, -0.15) is 0 Å². The summed E-state index contributed by atoms with van der Waals surface area (Å²) in [6.45, 7) is 1.66. The molecular weight excluding hydrogens is 365 g/mol. The Morgan fingerprint density at radius 3 is 2.69 bits per heavy atom. The number of halogens is 1. The van der Waals surface area contributed by atoms with Crippen molar-refractivity contribution < 1.29 is 9.18 Å². The smallest absolute Gasteiger partial charge is 0.222 e. The highest BCUT2D eigenvalue weighted by molar-refractivity contribution is 5.91. The van der Waals surface area contributed by atoms with Crippen LogP contribution in [0.2, 0.25) is 0 Å². The number of nitrogens with zero attached hydrogens (tertiary/aromatic N) is 2. The Balaban J connectivity index is 1.56. The van der Waals surface area contributed by atoms with E-state index in [4.69, 9.17) is 0 Å². The van der Waals surface area contributed by atoms with Crippen molar-refractivity contribution >= 4 is 16.8 Å². The Bertz CT molecular complexity index is 993. The maximum Gasteiger partial charge on any atom is 0.222 e. The van der Waals surface area contributed by atoms with E-state index in [1.807, 2.05) is 23.1 Å². The number of aromatic amines is 1. The number of likely N-dealkylation sites (tertiary alicyclic amines) is 1. The molecule has 0 bridgehead atoms. The molecule has 1 atom stereocenters. The van der Waals surface area contributed by atoms with Crippen LogP contribution in [0.3, 0.4) is 0 Å². The van der Waals surface area contributed by atoms with E-state index in [1.165, 1.54) is 12.1 Å². The van der Waals surface area contributed by atoms with Crippen LogP contribution < -0.4 is 0 Å². The van der Waals surface area contributed by atoms with Gasteiger partial charge in [-0.15, -0.1) is 0 Å². The molecule has 1 unspecified atom stereocenters. The van der Waals surface area contributed by atoms with Crippen LogP contribution >= 0.6 is 0 Å². The molecule has 2 aromatic carbocycles. The fourth-order valence-corrected chi connectivity index (χ4v) is 4.32. The number of hydrogen-bond acceptors (Lipinski definition) is 2. The van der Waals surface area contributed by atoms with Gasteiger partial charge in [0.25, 0.3) is 0 Å². The minimum Gasteiger partial charge on any atom is -0.354 e. The predicted molar refractivity (Wildman–Crippen MR) is 115 cm³/mol. The van der Waals surface area contributed by atoms with Crippen LogP contribution in [-0.4, -0.2) is 53.9 Å². The molecule has 0 aliphatic carbocycles. The van der Waals surface area contributed by atoms with Crippen molar-refractivity contribution in [1.82, 2.24) is 14.8 Å². The number of rotatable bonds is 5. The van der Waals surface area contributed by atoms with Gasteiger partial charge < -0.3 is 14.8 Å². The molecule has 1 N–H and O–H groups in total. The molecule has 2 heterocycles. The van der Waals surface area contributed by atoms with Crippen molar-refractivity contribution in [3.05, 3.63) is 59.9 Å². The summed E-state index contributed by atoms with van der Waals surface area (Å²) < 4.78 is 13.4. The molecule has 1 amide bonds. The van der Waals surface area contributed by atoms with E-state index in [1.54, 1.807) is 12.1 Å². The fraction of sp³-hybridized carbons (Fsp3) is 0.375. The summed E-state index contributed by atoms with van der Waals surface area (Å²) in [6.07, 6.45) is 3.35. The number of para-hydroxylation sites is 1. The van der Waals surface area contributed by atoms with Crippen molar-refractivity contribution in [3.8, 4) is 11.3 Å². The number of aromatic nitrogens is 1. The molecule has 5 heteroatoms. The van der Waals surface area contributed by atoms with E-state index in [9.17, 15) is 9.18 Å². The quantitative estimate of drug-likeness (QED) is 0.695. The van der Waals surface area contributed by atoms with Gasteiger partial charge in [-0.05, 0) is 74.8 Å². The molecule has 1 aliphatic heterocycles. The number of benzene rings is 2. The lowest BCUT2D eigenvalue weighted by atomic mass is 10.00. The molecule has 0 saturated carbocycles. The number of amides is 1. The second-order valence-electron chi connectivity index (χ2n) is 8.13. The van der Waals surface area contributed by atoms with Gasteiger partial charge in [0.2, 0.25) is 5.91 Å². The number of likely N-dealkylation sites (N-methyl/N-ethyl adjacent to an activating group) is 1. The Morgan fingerprint density at radius 2 is 1.93 bits per heavy atom. The fourth-order valence-electron chi connectivity index (χ4n) is 4.32. The summed E-state index contributed by atoms with van der Waals surface area (Å²) in [5.74, 6) is -0.0333. The maximum atomic E-state index is 13.4. The van der Waals surface area contributed by atoms with Crippen LogP contribution in [0, 0.1) is 5.82 Å². The summed E-state index contributed by atoms with van der Waals surface area (Å²) >= 11 is 0. The van der Waals surface area contributed by atoms with Crippen LogP contribution in [-0.2, 0) is 11.2 Å². The van der Waals surface area contributed by atoms with Crippen molar-refractivity contribution in [1.29, 1.82) is 0 Å². The molecule has 29 heavy (non-hydrogen) atoms. The van der Waals surface area contributed by atoms with Gasteiger partial charge in [-0.3, -0.25) is 4.79 Å². The second kappa shape index (κ2) is 8.37. The largest absolute Gasteiger partial charge is 0.354 e. The zero-order valence-electron chi connectivity index (χ0n) is 17.1. The highest BCUT2D eigenvalue weighted by atomic mass is 19.1. The molecular formula is C24H28FN3O. The number of piperidine rings is 1. The molecule has 1 fully saturated rings. The Hall–Kier alpha value is -2.66. The highest BCUT2D eigenvalue weighted by Gasteiger charge is 2.25. The molecule has 1 aliphatic rings. The van der Waals surface area contributed by atoms with Crippen LogP contribution in [0.5, 0.6) is 0 Å². The summed E-state index contributed by atoms with van der Waals surface area (Å²) in [6, 6.07) is 15.1. The number of hydrogen-bond donors (Lipinski definition) is 1. The molecule has 1 aromatic heterocycles. The molecule has 3 aromatic rings. The van der Waals surface area contributed by atoms with Crippen LogP contribution in [0.25, 0.3) is 22.2 Å². The SMILES string of the molecule is CN(C)C1CCCN(C(=O)CCc2c(-c3ccc(F)cc3)[nH]c3ccccc23)C1. The highest BCUT2D eigenvalue weighted by Crippen LogP contribution is 2.31. The minimum absolute atomic E-state index is 0.215. The lowest BCUT2D eigenvalue weighted by Gasteiger charge is -2.36. The third-order valence-corrected chi connectivity index (χ3v) is 6.01. The Kier molecular flexibility index (Phi) is 5.67. The molecule has 0 radical (unpaired) electrons. The first-order chi connectivity index (χ1) is 14.0. The van der Waals surface area contributed by atoms with Crippen LogP contribution in [0.1, 0.15) is 24.8 Å². The summed E-state index contributed by atoms with van der Waals surface area (Å²) in [5.41, 5.74) is 4.08. The number of carbonyl (C=O) groups excluding carboxylic acids is 1. The van der Waals surface area contributed by atoms with E-state index in [2.05, 4.69) is 30.0 Å². The normalized spacial score (nSPS) is 17.2. The third-order valence-electron chi connectivity index (χ3n) is 6.01. The van der Waals surface area contributed by atoms with Crippen LogP contribution in [0.4, 0.5) is 4.39 Å². The van der Waals surface area contributed by atoms with Gasteiger partial charge in [0.1, 0.15) is 5.82 Å². The number of nitrogens with one attached hydrogen (secondary N) is 1. The molecule has 4 nitrogen and oxygen atoms in total. The van der Waals surface area contributed by atoms with E-state index in [0.717, 1.165) is 53.7 Å². The van der Waals surface area contributed by atoms with Gasteiger partial charge >= 0.3 is 0 Å². The molecule has 4 rings (SSSR count). The second-order valence-corrected chi connectivity index (χ2v) is 8.13. The van der Waals surface area contributed by atoms with Gasteiger partial charge in [-0.25, -0.2) is 4.39 Å². The Labute approximate surface area is 171 Å². The van der Waals surface area contributed by atoms with Gasteiger partial charge in [0, 0.05) is 42.1 Å². The molecule has 1 saturated heterocycles. The third kappa shape index (κ3) is 4.20. The first-order valence-electron chi connectivity index (χ1n) is 10.3. The lowest BCUT2D eigenvalue weighted by Crippen LogP contribution is -2.47. The number of fused-ring (bicyclic) bond motifs is 1. The van der Waals surface area contributed by atoms with Crippen molar-refractivity contribution in [2.45, 2.75) is 31.7 Å². The van der Waals surface area contributed by atoms with E-state index < -0.39 is 0 Å².